The highest BCUT2D eigenvalue weighted by molar-refractivity contribution is 6.30. The molecule has 0 atom stereocenters. The summed E-state index contributed by atoms with van der Waals surface area (Å²) < 4.78 is 0. The highest BCUT2D eigenvalue weighted by Gasteiger charge is 2.34. The third-order valence-electron chi connectivity index (χ3n) is 3.43. The van der Waals surface area contributed by atoms with Gasteiger partial charge in [-0.05, 0) is 36.4 Å². The van der Waals surface area contributed by atoms with Crippen molar-refractivity contribution in [2.45, 2.75) is 0 Å². The molecule has 0 aromatic heterocycles. The summed E-state index contributed by atoms with van der Waals surface area (Å²) in [6, 6.07) is 16.3. The van der Waals surface area contributed by atoms with Crippen molar-refractivity contribution in [2.24, 2.45) is 15.2 Å². The van der Waals surface area contributed by atoms with E-state index in [-0.39, 0.29) is 11.5 Å². The summed E-state index contributed by atoms with van der Waals surface area (Å²) in [5.41, 5.74) is 4.20. The molecule has 1 saturated heterocycles. The van der Waals surface area contributed by atoms with Gasteiger partial charge in [-0.3, -0.25) is 0 Å². The molecule has 0 radical (unpaired) electrons. The third kappa shape index (κ3) is 2.55. The van der Waals surface area contributed by atoms with Gasteiger partial charge in [0.2, 0.25) is 5.82 Å². The second kappa shape index (κ2) is 5.88. The van der Waals surface area contributed by atoms with E-state index in [1.54, 1.807) is 24.3 Å². The number of nitrogens with zero attached hydrogens (tertiary/aromatic N) is 4. The Balaban J connectivity index is 1.74. The Hall–Kier alpha value is -3.03. The molecular formula is C16H10ClN5O2. The maximum Gasteiger partial charge on any atom is 0.380 e. The van der Waals surface area contributed by atoms with E-state index in [0.29, 0.717) is 10.9 Å². The largest absolute Gasteiger partial charge is 0.380 e. The lowest BCUT2D eigenvalue weighted by atomic mass is 10.2. The number of hydrogen-bond donors (Lipinski definition) is 1. The van der Waals surface area contributed by atoms with Gasteiger partial charge in [-0.25, -0.2) is 14.8 Å². The Kier molecular flexibility index (Phi) is 3.56. The molecule has 24 heavy (non-hydrogen) atoms. The maximum atomic E-state index is 12.1. The summed E-state index contributed by atoms with van der Waals surface area (Å²) in [7, 11) is 0. The van der Waals surface area contributed by atoms with E-state index >= 15 is 0 Å². The number of aliphatic imine (C=N–C) groups is 1. The SMILES string of the molecule is O=C1ONN(c2ccccc2)C1=C1N=NC(c2ccc(Cl)cc2)=N1. The van der Waals surface area contributed by atoms with Crippen molar-refractivity contribution >= 4 is 29.1 Å². The van der Waals surface area contributed by atoms with E-state index < -0.39 is 5.97 Å². The Labute approximate surface area is 141 Å². The number of anilines is 1. The van der Waals surface area contributed by atoms with E-state index in [4.69, 9.17) is 16.4 Å². The third-order valence-corrected chi connectivity index (χ3v) is 3.68. The lowest BCUT2D eigenvalue weighted by Crippen LogP contribution is -2.29. The van der Waals surface area contributed by atoms with Crippen molar-refractivity contribution in [3.63, 3.8) is 0 Å². The number of carbonyl (C=O) groups is 1. The maximum absolute atomic E-state index is 12.1. The van der Waals surface area contributed by atoms with Gasteiger partial charge in [0.15, 0.2) is 11.5 Å². The van der Waals surface area contributed by atoms with Crippen LogP contribution in [0.3, 0.4) is 0 Å². The van der Waals surface area contributed by atoms with Gasteiger partial charge in [-0.15, -0.1) is 10.2 Å². The van der Waals surface area contributed by atoms with Gasteiger partial charge in [0.05, 0.1) is 5.69 Å². The molecule has 2 heterocycles. The molecule has 0 saturated carbocycles. The average Bonchev–Trinajstić information content (AvgIpc) is 3.23. The molecule has 0 amide bonds. The second-order valence-electron chi connectivity index (χ2n) is 4.97. The van der Waals surface area contributed by atoms with E-state index in [2.05, 4.69) is 20.8 Å². The lowest BCUT2D eigenvalue weighted by molar-refractivity contribution is -0.140. The van der Waals surface area contributed by atoms with Crippen LogP contribution in [0.2, 0.25) is 5.02 Å². The fraction of sp³-hybridized carbons (Fsp3) is 0. The quantitative estimate of drug-likeness (QED) is 0.852. The van der Waals surface area contributed by atoms with Crippen LogP contribution in [0.15, 0.2) is 81.3 Å². The fourth-order valence-electron chi connectivity index (χ4n) is 2.28. The smallest absolute Gasteiger partial charge is 0.345 e. The van der Waals surface area contributed by atoms with E-state index in [1.807, 2.05) is 30.3 Å². The number of benzene rings is 2. The Morgan fingerprint density at radius 3 is 2.50 bits per heavy atom. The van der Waals surface area contributed by atoms with Crippen LogP contribution in [0.25, 0.3) is 0 Å². The minimum absolute atomic E-state index is 0.175. The first-order valence-corrected chi connectivity index (χ1v) is 7.43. The lowest BCUT2D eigenvalue weighted by Gasteiger charge is -2.14. The second-order valence-corrected chi connectivity index (χ2v) is 5.40. The Morgan fingerprint density at radius 2 is 1.75 bits per heavy atom. The zero-order valence-electron chi connectivity index (χ0n) is 12.2. The highest BCUT2D eigenvalue weighted by atomic mass is 35.5. The normalized spacial score (nSPS) is 19.6. The number of nitrogens with one attached hydrogen (secondary N) is 1. The average molecular weight is 340 g/mol. The molecular weight excluding hydrogens is 330 g/mol. The molecule has 7 nitrogen and oxygen atoms in total. The molecule has 1 fully saturated rings. The molecule has 2 aliphatic rings. The van der Waals surface area contributed by atoms with Crippen LogP contribution in [-0.2, 0) is 9.63 Å². The molecule has 0 aliphatic carbocycles. The zero-order chi connectivity index (χ0) is 16.5. The molecule has 118 valence electrons. The zero-order valence-corrected chi connectivity index (χ0v) is 12.9. The predicted octanol–water partition coefficient (Wildman–Crippen LogP) is 3.20. The Bertz CT molecular complexity index is 890. The van der Waals surface area contributed by atoms with Gasteiger partial charge >= 0.3 is 5.97 Å². The molecule has 0 bridgehead atoms. The van der Waals surface area contributed by atoms with E-state index in [9.17, 15) is 4.79 Å². The Morgan fingerprint density at radius 1 is 1.00 bits per heavy atom. The number of carbonyl (C=O) groups excluding carboxylic acids is 1. The first-order valence-electron chi connectivity index (χ1n) is 7.05. The molecule has 1 N–H and O–H groups in total. The summed E-state index contributed by atoms with van der Waals surface area (Å²) >= 11 is 5.88. The van der Waals surface area contributed by atoms with Gasteiger partial charge in [0.25, 0.3) is 0 Å². The van der Waals surface area contributed by atoms with Gasteiger partial charge in [-0.1, -0.05) is 35.4 Å². The topological polar surface area (TPSA) is 78.6 Å². The number of azo groups is 1. The van der Waals surface area contributed by atoms with Crippen LogP contribution in [0.4, 0.5) is 5.69 Å². The van der Waals surface area contributed by atoms with Crippen LogP contribution in [0, 0.1) is 0 Å². The number of hydrazine groups is 1. The molecule has 2 aromatic carbocycles. The van der Waals surface area contributed by atoms with Gasteiger partial charge < -0.3 is 4.84 Å². The summed E-state index contributed by atoms with van der Waals surface area (Å²) in [5.74, 6) is 0.00888. The van der Waals surface area contributed by atoms with Crippen molar-refractivity contribution < 1.29 is 9.63 Å². The molecule has 2 aliphatic heterocycles. The number of rotatable bonds is 2. The van der Waals surface area contributed by atoms with Crippen LogP contribution >= 0.6 is 11.6 Å². The van der Waals surface area contributed by atoms with Crippen LogP contribution in [0.1, 0.15) is 5.56 Å². The van der Waals surface area contributed by atoms with E-state index in [1.165, 1.54) is 5.01 Å². The van der Waals surface area contributed by atoms with Crippen molar-refractivity contribution in [2.75, 3.05) is 5.01 Å². The predicted molar refractivity (Wildman–Crippen MR) is 88.0 cm³/mol. The van der Waals surface area contributed by atoms with Crippen LogP contribution < -0.4 is 10.6 Å². The molecule has 0 unspecified atom stereocenters. The summed E-state index contributed by atoms with van der Waals surface area (Å²) in [6.07, 6.45) is 0. The summed E-state index contributed by atoms with van der Waals surface area (Å²) in [6.45, 7) is 0. The number of hydrogen-bond acceptors (Lipinski definition) is 7. The monoisotopic (exact) mass is 339 g/mol. The molecule has 4 rings (SSSR count). The first kappa shape index (κ1) is 14.6. The van der Waals surface area contributed by atoms with Gasteiger partial charge in [0, 0.05) is 10.6 Å². The molecule has 2 aromatic rings. The molecule has 0 spiro atoms. The summed E-state index contributed by atoms with van der Waals surface area (Å²) in [4.78, 5) is 21.3. The minimum Gasteiger partial charge on any atom is -0.345 e. The fourth-order valence-corrected chi connectivity index (χ4v) is 2.41. The first-order chi connectivity index (χ1) is 11.7. The van der Waals surface area contributed by atoms with Gasteiger partial charge in [0.1, 0.15) is 0 Å². The van der Waals surface area contributed by atoms with Crippen molar-refractivity contribution in [3.8, 4) is 0 Å². The summed E-state index contributed by atoms with van der Waals surface area (Å²) in [5, 5.41) is 10.1. The number of amidine groups is 1. The highest BCUT2D eigenvalue weighted by Crippen LogP contribution is 2.28. The van der Waals surface area contributed by atoms with Crippen molar-refractivity contribution in [1.82, 2.24) is 5.59 Å². The van der Waals surface area contributed by atoms with Crippen molar-refractivity contribution in [1.29, 1.82) is 0 Å². The minimum atomic E-state index is -0.575. The molecule has 8 heteroatoms. The number of halogens is 1. The van der Waals surface area contributed by atoms with Crippen LogP contribution in [-0.4, -0.2) is 11.8 Å². The van der Waals surface area contributed by atoms with E-state index in [0.717, 1.165) is 11.3 Å². The standard InChI is InChI=1S/C16H10ClN5O2/c17-11-8-6-10(7-9-11)14-18-15(20-19-14)13-16(23)24-21-22(13)12-4-2-1-3-5-12/h1-9,21H. The van der Waals surface area contributed by atoms with Crippen LogP contribution in [0.5, 0.6) is 0 Å². The number of para-hydroxylation sites is 1. The van der Waals surface area contributed by atoms with Crippen molar-refractivity contribution in [3.05, 3.63) is 76.7 Å². The van der Waals surface area contributed by atoms with Gasteiger partial charge in [-0.2, -0.15) is 0 Å².